The van der Waals surface area contributed by atoms with Crippen LogP contribution in [-0.4, -0.2) is 14.5 Å². The summed E-state index contributed by atoms with van der Waals surface area (Å²) in [5.41, 5.74) is 16.1. The summed E-state index contributed by atoms with van der Waals surface area (Å²) in [4.78, 5) is 10.8. The van der Waals surface area contributed by atoms with Crippen LogP contribution in [0.3, 0.4) is 0 Å². The summed E-state index contributed by atoms with van der Waals surface area (Å²) in [7, 11) is 0. The summed E-state index contributed by atoms with van der Waals surface area (Å²) < 4.78 is 2.36. The SMILES string of the molecule is CC1(C)c2cc(-c3ccc(-c4nc(-c5ccccc5)cc(-c5cccc6c5c5ccccc5n6-c5ccccc5)n4)c4ccccc34)ccc2-c2ccc3ccccc3c21. The molecule has 12 rings (SSSR count). The largest absolute Gasteiger partial charge is 0.309 e. The molecule has 0 bridgehead atoms. The fourth-order valence-electron chi connectivity index (χ4n) is 10.1. The van der Waals surface area contributed by atoms with Gasteiger partial charge in [0.2, 0.25) is 0 Å². The second kappa shape index (κ2) is 13.2. The van der Waals surface area contributed by atoms with Crippen LogP contribution in [0.4, 0.5) is 0 Å². The molecule has 1 aliphatic rings. The number of hydrogen-bond acceptors (Lipinski definition) is 2. The molecule has 0 atom stereocenters. The van der Waals surface area contributed by atoms with Crippen molar-refractivity contribution in [1.29, 1.82) is 0 Å². The van der Waals surface area contributed by atoms with E-state index in [1.54, 1.807) is 0 Å². The zero-order valence-corrected chi connectivity index (χ0v) is 33.4. The maximum atomic E-state index is 5.48. The highest BCUT2D eigenvalue weighted by Crippen LogP contribution is 2.52. The molecular weight excluding hydrogens is 727 g/mol. The lowest BCUT2D eigenvalue weighted by atomic mass is 9.79. The summed E-state index contributed by atoms with van der Waals surface area (Å²) in [5, 5.41) is 7.29. The first-order chi connectivity index (χ1) is 29.5. The molecule has 0 amide bonds. The Labute approximate surface area is 348 Å². The number of fused-ring (bicyclic) bond motifs is 9. The zero-order valence-electron chi connectivity index (χ0n) is 33.4. The maximum absolute atomic E-state index is 5.48. The Morgan fingerprint density at radius 1 is 0.400 bits per heavy atom. The normalized spacial score (nSPS) is 13.0. The fourth-order valence-corrected chi connectivity index (χ4v) is 10.1. The third-order valence-electron chi connectivity index (χ3n) is 12.8. The summed E-state index contributed by atoms with van der Waals surface area (Å²) >= 11 is 0. The fraction of sp³-hybridized carbons (Fsp3) is 0.0526. The average molecular weight is 766 g/mol. The number of aromatic nitrogens is 3. The van der Waals surface area contributed by atoms with Gasteiger partial charge in [0.05, 0.1) is 22.4 Å². The first kappa shape index (κ1) is 34.4. The molecule has 3 nitrogen and oxygen atoms in total. The first-order valence-electron chi connectivity index (χ1n) is 20.7. The minimum absolute atomic E-state index is 0.143. The molecule has 1 aliphatic carbocycles. The molecule has 60 heavy (non-hydrogen) atoms. The molecule has 2 heterocycles. The van der Waals surface area contributed by atoms with Gasteiger partial charge in [-0.05, 0) is 97.4 Å². The molecule has 9 aromatic carbocycles. The van der Waals surface area contributed by atoms with Crippen molar-refractivity contribution in [3.05, 3.63) is 211 Å². The predicted octanol–water partition coefficient (Wildman–Crippen LogP) is 14.9. The van der Waals surface area contributed by atoms with E-state index in [2.05, 4.69) is 219 Å². The molecule has 0 unspecified atom stereocenters. The summed E-state index contributed by atoms with van der Waals surface area (Å²) in [6, 6.07) is 72.2. The van der Waals surface area contributed by atoms with E-state index in [9.17, 15) is 0 Å². The Morgan fingerprint density at radius 3 is 1.83 bits per heavy atom. The lowest BCUT2D eigenvalue weighted by molar-refractivity contribution is 0.666. The molecule has 0 saturated heterocycles. The highest BCUT2D eigenvalue weighted by molar-refractivity contribution is 6.16. The van der Waals surface area contributed by atoms with Gasteiger partial charge in [-0.1, -0.05) is 172 Å². The third-order valence-corrected chi connectivity index (χ3v) is 12.8. The number of hydrogen-bond donors (Lipinski definition) is 0. The number of benzene rings is 9. The van der Waals surface area contributed by atoms with Crippen molar-refractivity contribution < 1.29 is 0 Å². The van der Waals surface area contributed by atoms with Crippen molar-refractivity contribution in [2.45, 2.75) is 19.3 Å². The lowest BCUT2D eigenvalue weighted by Crippen LogP contribution is -2.15. The Balaban J connectivity index is 1.04. The van der Waals surface area contributed by atoms with Gasteiger partial charge in [0.25, 0.3) is 0 Å². The summed E-state index contributed by atoms with van der Waals surface area (Å²) in [6.45, 7) is 4.76. The van der Waals surface area contributed by atoms with Crippen LogP contribution in [-0.2, 0) is 5.41 Å². The molecule has 0 radical (unpaired) electrons. The Morgan fingerprint density at radius 2 is 1.02 bits per heavy atom. The molecule has 11 aromatic rings. The predicted molar refractivity (Wildman–Crippen MR) is 251 cm³/mol. The van der Waals surface area contributed by atoms with Crippen LogP contribution in [0.25, 0.3) is 105 Å². The van der Waals surface area contributed by atoms with Crippen LogP contribution in [0.2, 0.25) is 0 Å². The van der Waals surface area contributed by atoms with Gasteiger partial charge in [0.15, 0.2) is 5.82 Å². The molecule has 0 spiro atoms. The smallest absolute Gasteiger partial charge is 0.161 e. The minimum Gasteiger partial charge on any atom is -0.309 e. The van der Waals surface area contributed by atoms with Crippen LogP contribution in [0, 0.1) is 0 Å². The maximum Gasteiger partial charge on any atom is 0.161 e. The molecular formula is C57H39N3. The van der Waals surface area contributed by atoms with Gasteiger partial charge in [-0.3, -0.25) is 0 Å². The third kappa shape index (κ3) is 5.15. The Hall–Kier alpha value is -7.62. The molecule has 0 saturated carbocycles. The lowest BCUT2D eigenvalue weighted by Gasteiger charge is -2.24. The van der Waals surface area contributed by atoms with Gasteiger partial charge in [-0.15, -0.1) is 0 Å². The van der Waals surface area contributed by atoms with Gasteiger partial charge in [0, 0.05) is 38.6 Å². The molecule has 0 fully saturated rings. The molecule has 0 aliphatic heterocycles. The van der Waals surface area contributed by atoms with E-state index in [4.69, 9.17) is 9.97 Å². The number of rotatable bonds is 5. The van der Waals surface area contributed by atoms with Gasteiger partial charge in [-0.2, -0.15) is 0 Å². The first-order valence-corrected chi connectivity index (χ1v) is 20.7. The van der Waals surface area contributed by atoms with Crippen LogP contribution < -0.4 is 0 Å². The highest BCUT2D eigenvalue weighted by atomic mass is 15.0. The summed E-state index contributed by atoms with van der Waals surface area (Å²) in [6.07, 6.45) is 0. The van der Waals surface area contributed by atoms with E-state index in [0.29, 0.717) is 5.82 Å². The second-order valence-corrected chi connectivity index (χ2v) is 16.5. The molecule has 2 aromatic heterocycles. The van der Waals surface area contributed by atoms with E-state index in [-0.39, 0.29) is 5.41 Å². The minimum atomic E-state index is -0.143. The van der Waals surface area contributed by atoms with Crippen molar-refractivity contribution in [1.82, 2.24) is 14.5 Å². The topological polar surface area (TPSA) is 30.7 Å². The van der Waals surface area contributed by atoms with E-state index in [0.717, 1.165) is 50.2 Å². The van der Waals surface area contributed by atoms with Crippen molar-refractivity contribution in [3.63, 3.8) is 0 Å². The van der Waals surface area contributed by atoms with Crippen LogP contribution >= 0.6 is 0 Å². The van der Waals surface area contributed by atoms with Crippen molar-refractivity contribution in [2.24, 2.45) is 0 Å². The standard InChI is InChI=1S/C57H39N3/c1-57(2)49-34-38(29-30-44(49)45-31-28-36-16-9-10-21-41(36)55(45)57)40-32-33-46(43-23-12-11-22-42(40)43)56-58-50(37-17-5-3-6-18-37)35-51(59-56)47-25-15-27-53-54(47)48-24-13-14-26-52(48)60(53)39-19-7-4-8-20-39/h3-35H,1-2H3. The van der Waals surface area contributed by atoms with Crippen LogP contribution in [0.15, 0.2) is 200 Å². The van der Waals surface area contributed by atoms with E-state index >= 15 is 0 Å². The monoisotopic (exact) mass is 765 g/mol. The van der Waals surface area contributed by atoms with E-state index in [1.807, 2.05) is 0 Å². The number of nitrogens with zero attached hydrogens (tertiary/aromatic N) is 3. The number of para-hydroxylation sites is 2. The average Bonchev–Trinajstić information content (AvgIpc) is 3.77. The van der Waals surface area contributed by atoms with Crippen LogP contribution in [0.1, 0.15) is 25.0 Å². The van der Waals surface area contributed by atoms with E-state index < -0.39 is 0 Å². The molecule has 3 heteroatoms. The van der Waals surface area contributed by atoms with Crippen molar-refractivity contribution >= 4 is 43.4 Å². The molecule has 0 N–H and O–H groups in total. The Bertz CT molecular complexity index is 3500. The highest BCUT2D eigenvalue weighted by Gasteiger charge is 2.37. The zero-order chi connectivity index (χ0) is 40.0. The van der Waals surface area contributed by atoms with Crippen molar-refractivity contribution in [3.8, 4) is 61.8 Å². The second-order valence-electron chi connectivity index (χ2n) is 16.5. The van der Waals surface area contributed by atoms with Crippen LogP contribution in [0.5, 0.6) is 0 Å². The quantitative estimate of drug-likeness (QED) is 0.175. The van der Waals surface area contributed by atoms with Gasteiger partial charge < -0.3 is 4.57 Å². The van der Waals surface area contributed by atoms with Crippen molar-refractivity contribution in [2.75, 3.05) is 0 Å². The Kier molecular flexibility index (Phi) is 7.58. The molecule has 282 valence electrons. The van der Waals surface area contributed by atoms with Gasteiger partial charge in [0.1, 0.15) is 0 Å². The van der Waals surface area contributed by atoms with E-state index in [1.165, 1.54) is 60.3 Å². The van der Waals surface area contributed by atoms with Gasteiger partial charge >= 0.3 is 0 Å². The summed E-state index contributed by atoms with van der Waals surface area (Å²) in [5.74, 6) is 0.704. The van der Waals surface area contributed by atoms with Gasteiger partial charge in [-0.25, -0.2) is 9.97 Å².